The Morgan fingerprint density at radius 2 is 2.08 bits per heavy atom. The third-order valence-corrected chi connectivity index (χ3v) is 3.90. The SMILES string of the molecule is CC(CC(O)c1ccco1)NC(=O)NC(C)c1nnc2ccccn12. The lowest BCUT2D eigenvalue weighted by Gasteiger charge is -2.19. The monoisotopic (exact) mass is 343 g/mol. The minimum atomic E-state index is -0.761. The van der Waals surface area contributed by atoms with Gasteiger partial charge in [-0.3, -0.25) is 4.40 Å². The van der Waals surface area contributed by atoms with Crippen LogP contribution >= 0.6 is 0 Å². The van der Waals surface area contributed by atoms with Gasteiger partial charge in [0.2, 0.25) is 0 Å². The van der Waals surface area contributed by atoms with Crippen LogP contribution in [0.1, 0.15) is 44.0 Å². The van der Waals surface area contributed by atoms with Crippen LogP contribution in [0.4, 0.5) is 4.79 Å². The highest BCUT2D eigenvalue weighted by molar-refractivity contribution is 5.74. The van der Waals surface area contributed by atoms with Crippen molar-refractivity contribution in [3.63, 3.8) is 0 Å². The van der Waals surface area contributed by atoms with E-state index in [1.807, 2.05) is 42.6 Å². The molecule has 0 radical (unpaired) electrons. The van der Waals surface area contributed by atoms with Gasteiger partial charge in [0.1, 0.15) is 11.9 Å². The van der Waals surface area contributed by atoms with E-state index in [-0.39, 0.29) is 18.1 Å². The Hall–Kier alpha value is -2.87. The van der Waals surface area contributed by atoms with E-state index in [0.717, 1.165) is 5.65 Å². The molecule has 0 saturated heterocycles. The molecule has 0 saturated carbocycles. The summed E-state index contributed by atoms with van der Waals surface area (Å²) in [6.45, 7) is 3.66. The number of urea groups is 1. The molecule has 3 atom stereocenters. The highest BCUT2D eigenvalue weighted by Gasteiger charge is 2.19. The van der Waals surface area contributed by atoms with Gasteiger partial charge < -0.3 is 20.2 Å². The number of fused-ring (bicyclic) bond motifs is 1. The van der Waals surface area contributed by atoms with Gasteiger partial charge in [-0.15, -0.1) is 10.2 Å². The van der Waals surface area contributed by atoms with Gasteiger partial charge in [-0.1, -0.05) is 6.07 Å². The van der Waals surface area contributed by atoms with E-state index in [1.165, 1.54) is 6.26 Å². The molecule has 2 amide bonds. The molecule has 3 unspecified atom stereocenters. The number of pyridine rings is 1. The summed E-state index contributed by atoms with van der Waals surface area (Å²) in [6, 6.07) is 8.14. The first kappa shape index (κ1) is 17.0. The molecule has 3 N–H and O–H groups in total. The minimum absolute atomic E-state index is 0.234. The van der Waals surface area contributed by atoms with Gasteiger partial charge in [-0.2, -0.15) is 0 Å². The third kappa shape index (κ3) is 3.97. The van der Waals surface area contributed by atoms with Crippen molar-refractivity contribution in [1.29, 1.82) is 0 Å². The van der Waals surface area contributed by atoms with Crippen LogP contribution in [0.3, 0.4) is 0 Å². The Morgan fingerprint density at radius 1 is 1.24 bits per heavy atom. The molecule has 3 heterocycles. The predicted molar refractivity (Wildman–Crippen MR) is 90.8 cm³/mol. The molecule has 3 rings (SSSR count). The zero-order valence-electron chi connectivity index (χ0n) is 14.1. The van der Waals surface area contributed by atoms with Crippen LogP contribution in [0.15, 0.2) is 47.2 Å². The number of furan rings is 1. The van der Waals surface area contributed by atoms with Crippen molar-refractivity contribution in [1.82, 2.24) is 25.2 Å². The summed E-state index contributed by atoms with van der Waals surface area (Å²) in [4.78, 5) is 12.2. The molecule has 132 valence electrons. The van der Waals surface area contributed by atoms with E-state index in [0.29, 0.717) is 18.0 Å². The first-order chi connectivity index (χ1) is 12.0. The molecule has 8 heteroatoms. The number of rotatable bonds is 6. The topological polar surface area (TPSA) is 105 Å². The summed E-state index contributed by atoms with van der Waals surface area (Å²) >= 11 is 0. The Bertz CT molecular complexity index is 830. The van der Waals surface area contributed by atoms with Crippen molar-refractivity contribution >= 4 is 11.7 Å². The average Bonchev–Trinajstić information content (AvgIpc) is 3.24. The molecular weight excluding hydrogens is 322 g/mol. The quantitative estimate of drug-likeness (QED) is 0.636. The van der Waals surface area contributed by atoms with Crippen molar-refractivity contribution in [2.75, 3.05) is 0 Å². The number of hydrogen-bond donors (Lipinski definition) is 3. The Labute approximate surface area is 144 Å². The molecule has 25 heavy (non-hydrogen) atoms. The number of carbonyl (C=O) groups excluding carboxylic acids is 1. The van der Waals surface area contributed by atoms with Crippen LogP contribution in [0.25, 0.3) is 5.65 Å². The highest BCUT2D eigenvalue weighted by Crippen LogP contribution is 2.18. The molecule has 0 aliphatic carbocycles. The molecule has 8 nitrogen and oxygen atoms in total. The fourth-order valence-corrected chi connectivity index (χ4v) is 2.67. The van der Waals surface area contributed by atoms with Crippen molar-refractivity contribution in [2.24, 2.45) is 0 Å². The van der Waals surface area contributed by atoms with E-state index >= 15 is 0 Å². The van der Waals surface area contributed by atoms with Crippen LogP contribution in [-0.2, 0) is 0 Å². The number of aliphatic hydroxyl groups excluding tert-OH is 1. The normalized spacial score (nSPS) is 14.8. The highest BCUT2D eigenvalue weighted by atomic mass is 16.4. The van der Waals surface area contributed by atoms with Crippen molar-refractivity contribution in [3.05, 3.63) is 54.4 Å². The zero-order valence-corrected chi connectivity index (χ0v) is 14.1. The number of nitrogens with one attached hydrogen (secondary N) is 2. The molecule has 0 bridgehead atoms. The molecule has 0 spiro atoms. The third-order valence-electron chi connectivity index (χ3n) is 3.90. The summed E-state index contributed by atoms with van der Waals surface area (Å²) in [5, 5.41) is 23.9. The second kappa shape index (κ2) is 7.35. The van der Waals surface area contributed by atoms with E-state index in [1.54, 1.807) is 12.1 Å². The second-order valence-electron chi connectivity index (χ2n) is 5.99. The standard InChI is InChI=1S/C17H21N5O3/c1-11(10-13(23)14-6-5-9-25-14)18-17(24)19-12(2)16-21-20-15-7-3-4-8-22(15)16/h3-9,11-13,23H,10H2,1-2H3,(H2,18,19,24). The van der Waals surface area contributed by atoms with Crippen molar-refractivity contribution in [2.45, 2.75) is 38.5 Å². The summed E-state index contributed by atoms with van der Waals surface area (Å²) in [6.07, 6.45) is 2.95. The Balaban J connectivity index is 1.55. The summed E-state index contributed by atoms with van der Waals surface area (Å²) in [7, 11) is 0. The lowest BCUT2D eigenvalue weighted by Crippen LogP contribution is -2.42. The number of carbonyl (C=O) groups is 1. The number of hydrogen-bond acceptors (Lipinski definition) is 5. The van der Waals surface area contributed by atoms with Crippen LogP contribution in [-0.4, -0.2) is 31.8 Å². The van der Waals surface area contributed by atoms with E-state index in [4.69, 9.17) is 4.42 Å². The Morgan fingerprint density at radius 3 is 2.84 bits per heavy atom. The summed E-state index contributed by atoms with van der Waals surface area (Å²) in [5.41, 5.74) is 0.724. The van der Waals surface area contributed by atoms with Crippen LogP contribution in [0.2, 0.25) is 0 Å². The maximum atomic E-state index is 12.2. The van der Waals surface area contributed by atoms with Gasteiger partial charge in [0, 0.05) is 18.7 Å². The minimum Gasteiger partial charge on any atom is -0.467 e. The lowest BCUT2D eigenvalue weighted by molar-refractivity contribution is 0.129. The summed E-state index contributed by atoms with van der Waals surface area (Å²) < 4.78 is 6.99. The maximum absolute atomic E-state index is 12.2. The largest absolute Gasteiger partial charge is 0.467 e. The molecule has 0 aliphatic heterocycles. The summed E-state index contributed by atoms with van der Waals surface area (Å²) in [5.74, 6) is 1.13. The zero-order chi connectivity index (χ0) is 17.8. The van der Waals surface area contributed by atoms with E-state index in [9.17, 15) is 9.90 Å². The average molecular weight is 343 g/mol. The molecular formula is C17H21N5O3. The van der Waals surface area contributed by atoms with Gasteiger partial charge in [-0.05, 0) is 38.1 Å². The van der Waals surface area contributed by atoms with Gasteiger partial charge in [0.25, 0.3) is 0 Å². The number of amides is 2. The second-order valence-corrected chi connectivity index (χ2v) is 5.99. The molecule has 0 aliphatic rings. The van der Waals surface area contributed by atoms with Gasteiger partial charge in [0.05, 0.1) is 12.3 Å². The molecule has 3 aromatic rings. The fraction of sp³-hybridized carbons (Fsp3) is 0.353. The van der Waals surface area contributed by atoms with Crippen molar-refractivity contribution < 1.29 is 14.3 Å². The van der Waals surface area contributed by atoms with Crippen LogP contribution in [0.5, 0.6) is 0 Å². The van der Waals surface area contributed by atoms with Gasteiger partial charge >= 0.3 is 6.03 Å². The van der Waals surface area contributed by atoms with E-state index in [2.05, 4.69) is 20.8 Å². The molecule has 0 fully saturated rings. The van der Waals surface area contributed by atoms with Crippen molar-refractivity contribution in [3.8, 4) is 0 Å². The fourth-order valence-electron chi connectivity index (χ4n) is 2.67. The van der Waals surface area contributed by atoms with Crippen LogP contribution < -0.4 is 10.6 Å². The Kier molecular flexibility index (Phi) is 4.99. The van der Waals surface area contributed by atoms with Gasteiger partial charge in [-0.25, -0.2) is 4.79 Å². The smallest absolute Gasteiger partial charge is 0.315 e. The molecule has 0 aromatic carbocycles. The first-order valence-corrected chi connectivity index (χ1v) is 8.12. The van der Waals surface area contributed by atoms with Gasteiger partial charge in [0.15, 0.2) is 11.5 Å². The number of aromatic nitrogens is 3. The number of nitrogens with zero attached hydrogens (tertiary/aromatic N) is 3. The lowest BCUT2D eigenvalue weighted by atomic mass is 10.1. The first-order valence-electron chi connectivity index (χ1n) is 8.12. The van der Waals surface area contributed by atoms with E-state index < -0.39 is 6.10 Å². The maximum Gasteiger partial charge on any atom is 0.315 e. The van der Waals surface area contributed by atoms with Crippen LogP contribution in [0, 0.1) is 0 Å². The predicted octanol–water partition coefficient (Wildman–Crippen LogP) is 2.19. The number of aliphatic hydroxyl groups is 1. The molecule has 3 aromatic heterocycles.